The number of carbonyl (C=O) groups is 1. The van der Waals surface area contributed by atoms with E-state index in [0.29, 0.717) is 27.4 Å². The Bertz CT molecular complexity index is 886. The Morgan fingerprint density at radius 3 is 2.85 bits per heavy atom. The monoisotopic (exact) mass is 407 g/mol. The maximum atomic E-state index is 12.1. The molecule has 0 aliphatic carbocycles. The van der Waals surface area contributed by atoms with Gasteiger partial charge in [-0.2, -0.15) is 5.10 Å². The fourth-order valence-electron chi connectivity index (χ4n) is 2.39. The number of thioether (sulfide) groups is 1. The molecule has 5 nitrogen and oxygen atoms in total. The summed E-state index contributed by atoms with van der Waals surface area (Å²) in [6, 6.07) is 12.7. The van der Waals surface area contributed by atoms with Gasteiger partial charge in [-0.05, 0) is 36.2 Å². The Morgan fingerprint density at radius 1 is 1.27 bits per heavy atom. The molecule has 0 bridgehead atoms. The Balaban J connectivity index is 1.67. The summed E-state index contributed by atoms with van der Waals surface area (Å²) >= 11 is 13.4. The van der Waals surface area contributed by atoms with Gasteiger partial charge < -0.3 is 10.1 Å². The van der Waals surface area contributed by atoms with Crippen LogP contribution in [0.5, 0.6) is 5.75 Å². The van der Waals surface area contributed by atoms with Crippen LogP contribution in [-0.4, -0.2) is 29.6 Å². The van der Waals surface area contributed by atoms with Gasteiger partial charge in [0.25, 0.3) is 0 Å². The number of amides is 1. The zero-order valence-electron chi connectivity index (χ0n) is 13.8. The van der Waals surface area contributed by atoms with Crippen LogP contribution in [0, 0.1) is 0 Å². The molecular weight excluding hydrogens is 393 g/mol. The molecular formula is C18H15Cl2N3O2S. The van der Waals surface area contributed by atoms with Crippen molar-refractivity contribution in [2.24, 2.45) is 10.2 Å². The van der Waals surface area contributed by atoms with E-state index in [1.165, 1.54) is 11.8 Å². The summed E-state index contributed by atoms with van der Waals surface area (Å²) in [5.74, 6) is 0.585. The van der Waals surface area contributed by atoms with E-state index >= 15 is 0 Å². The molecule has 1 amide bonds. The summed E-state index contributed by atoms with van der Waals surface area (Å²) in [6.07, 6.45) is 2.07. The van der Waals surface area contributed by atoms with Gasteiger partial charge in [0.2, 0.25) is 5.91 Å². The summed E-state index contributed by atoms with van der Waals surface area (Å²) in [5.41, 5.74) is 1.67. The van der Waals surface area contributed by atoms with Crippen molar-refractivity contribution in [2.75, 3.05) is 7.11 Å². The molecule has 2 aromatic carbocycles. The first kappa shape index (κ1) is 18.8. The molecule has 3 rings (SSSR count). The molecule has 0 radical (unpaired) electrons. The molecule has 0 saturated carbocycles. The smallest absolute Gasteiger partial charge is 0.239 e. The standard InChI is InChI=1S/C18H15Cl2N3O2S/c1-25-15-5-3-2-4-12(15)10-21-23-18-22-17(24)16(26-18)8-11-6-7-13(19)9-14(11)20/h2-7,9-10,16H,8H2,1H3,(H,22,23,24)/b21-10-/t16-/m1/s1. The Morgan fingerprint density at radius 2 is 2.08 bits per heavy atom. The lowest BCUT2D eigenvalue weighted by molar-refractivity contribution is -0.118. The molecule has 1 heterocycles. The van der Waals surface area contributed by atoms with Crippen LogP contribution in [0.25, 0.3) is 0 Å². The molecule has 1 atom stereocenters. The van der Waals surface area contributed by atoms with Gasteiger partial charge >= 0.3 is 0 Å². The minimum atomic E-state index is -0.311. The number of benzene rings is 2. The number of carbonyl (C=O) groups excluding carboxylic acids is 1. The first-order valence-electron chi connectivity index (χ1n) is 7.72. The summed E-state index contributed by atoms with van der Waals surface area (Å²) in [5, 5.41) is 12.1. The molecule has 1 fully saturated rings. The molecule has 0 aromatic heterocycles. The molecule has 134 valence electrons. The van der Waals surface area contributed by atoms with Crippen molar-refractivity contribution in [1.82, 2.24) is 5.32 Å². The summed E-state index contributed by atoms with van der Waals surface area (Å²) in [7, 11) is 1.60. The average Bonchev–Trinajstić information content (AvgIpc) is 2.97. The number of hydrogen-bond acceptors (Lipinski definition) is 5. The van der Waals surface area contributed by atoms with Crippen LogP contribution < -0.4 is 10.1 Å². The van der Waals surface area contributed by atoms with E-state index in [2.05, 4.69) is 15.5 Å². The van der Waals surface area contributed by atoms with E-state index in [1.54, 1.807) is 25.5 Å². The fourth-order valence-corrected chi connectivity index (χ4v) is 3.83. The second-order valence-electron chi connectivity index (χ2n) is 5.43. The van der Waals surface area contributed by atoms with Crippen LogP contribution in [0.3, 0.4) is 0 Å². The third kappa shape index (κ3) is 4.58. The number of ether oxygens (including phenoxy) is 1. The first-order chi connectivity index (χ1) is 12.6. The van der Waals surface area contributed by atoms with Gasteiger partial charge in [-0.1, -0.05) is 53.2 Å². The Hall–Kier alpha value is -2.02. The molecule has 0 spiro atoms. The van der Waals surface area contributed by atoms with Crippen LogP contribution in [0.15, 0.2) is 52.7 Å². The zero-order chi connectivity index (χ0) is 18.5. The largest absolute Gasteiger partial charge is 0.496 e. The minimum absolute atomic E-state index is 0.118. The van der Waals surface area contributed by atoms with E-state index in [-0.39, 0.29) is 11.2 Å². The Kier molecular flexibility index (Phi) is 6.19. The summed E-state index contributed by atoms with van der Waals surface area (Å²) in [4.78, 5) is 12.1. The number of halogens is 2. The highest BCUT2D eigenvalue weighted by molar-refractivity contribution is 8.15. The summed E-state index contributed by atoms with van der Waals surface area (Å²) < 4.78 is 5.25. The van der Waals surface area contributed by atoms with Crippen molar-refractivity contribution >= 4 is 52.3 Å². The van der Waals surface area contributed by atoms with Crippen LogP contribution in [-0.2, 0) is 11.2 Å². The average molecular weight is 408 g/mol. The van der Waals surface area contributed by atoms with Gasteiger partial charge in [-0.25, -0.2) is 0 Å². The van der Waals surface area contributed by atoms with Crippen LogP contribution in [0.1, 0.15) is 11.1 Å². The maximum absolute atomic E-state index is 12.1. The van der Waals surface area contributed by atoms with Crippen molar-refractivity contribution in [3.63, 3.8) is 0 Å². The minimum Gasteiger partial charge on any atom is -0.496 e. The van der Waals surface area contributed by atoms with Gasteiger partial charge in [0.1, 0.15) is 5.75 Å². The van der Waals surface area contributed by atoms with Crippen LogP contribution >= 0.6 is 35.0 Å². The van der Waals surface area contributed by atoms with Gasteiger partial charge in [0.05, 0.1) is 18.6 Å². The fraction of sp³-hybridized carbons (Fsp3) is 0.167. The number of nitrogens with zero attached hydrogens (tertiary/aromatic N) is 2. The highest BCUT2D eigenvalue weighted by Gasteiger charge is 2.30. The van der Waals surface area contributed by atoms with Gasteiger partial charge in [0, 0.05) is 15.6 Å². The van der Waals surface area contributed by atoms with Crippen molar-refractivity contribution < 1.29 is 9.53 Å². The zero-order valence-corrected chi connectivity index (χ0v) is 16.1. The molecule has 1 aliphatic heterocycles. The number of rotatable bonds is 5. The second kappa shape index (κ2) is 8.58. The molecule has 26 heavy (non-hydrogen) atoms. The lowest BCUT2D eigenvalue weighted by Crippen LogP contribution is -2.26. The van der Waals surface area contributed by atoms with Gasteiger partial charge in [-0.3, -0.25) is 4.79 Å². The number of para-hydroxylation sites is 1. The Labute approximate surface area is 165 Å². The lowest BCUT2D eigenvalue weighted by Gasteiger charge is -2.07. The van der Waals surface area contributed by atoms with E-state index in [0.717, 1.165) is 11.1 Å². The van der Waals surface area contributed by atoms with Crippen molar-refractivity contribution in [3.05, 3.63) is 63.6 Å². The number of amidine groups is 1. The third-order valence-electron chi connectivity index (χ3n) is 3.68. The van der Waals surface area contributed by atoms with Crippen molar-refractivity contribution in [1.29, 1.82) is 0 Å². The van der Waals surface area contributed by atoms with Crippen LogP contribution in [0.2, 0.25) is 10.0 Å². The lowest BCUT2D eigenvalue weighted by atomic mass is 10.1. The predicted molar refractivity (Wildman–Crippen MR) is 108 cm³/mol. The quantitative estimate of drug-likeness (QED) is 0.597. The van der Waals surface area contributed by atoms with Crippen molar-refractivity contribution in [2.45, 2.75) is 11.7 Å². The highest BCUT2D eigenvalue weighted by atomic mass is 35.5. The van der Waals surface area contributed by atoms with E-state index < -0.39 is 0 Å². The van der Waals surface area contributed by atoms with E-state index in [1.807, 2.05) is 30.3 Å². The number of nitrogens with one attached hydrogen (secondary N) is 1. The molecule has 1 N–H and O–H groups in total. The number of hydrogen-bond donors (Lipinski definition) is 1. The molecule has 1 aliphatic rings. The first-order valence-corrected chi connectivity index (χ1v) is 9.36. The predicted octanol–water partition coefficient (Wildman–Crippen LogP) is 4.17. The number of methoxy groups -OCH3 is 1. The third-order valence-corrected chi connectivity index (χ3v) is 5.34. The topological polar surface area (TPSA) is 63.1 Å². The summed E-state index contributed by atoms with van der Waals surface area (Å²) in [6.45, 7) is 0. The van der Waals surface area contributed by atoms with Crippen LogP contribution in [0.4, 0.5) is 0 Å². The van der Waals surface area contributed by atoms with E-state index in [4.69, 9.17) is 27.9 Å². The van der Waals surface area contributed by atoms with Crippen molar-refractivity contribution in [3.8, 4) is 5.75 Å². The maximum Gasteiger partial charge on any atom is 0.239 e. The van der Waals surface area contributed by atoms with Gasteiger partial charge in [0.15, 0.2) is 5.17 Å². The second-order valence-corrected chi connectivity index (χ2v) is 7.46. The SMILES string of the molecule is COc1ccccc1/C=N\N=C1/NC(=O)[C@@H](Cc2ccc(Cl)cc2Cl)S1. The molecule has 8 heteroatoms. The normalized spacial score (nSPS) is 18.5. The van der Waals surface area contributed by atoms with Gasteiger partial charge in [-0.15, -0.1) is 5.10 Å². The molecule has 1 saturated heterocycles. The highest BCUT2D eigenvalue weighted by Crippen LogP contribution is 2.28. The molecule has 2 aromatic rings. The van der Waals surface area contributed by atoms with E-state index in [9.17, 15) is 4.79 Å². The molecule has 0 unspecified atom stereocenters.